The Hall–Kier alpha value is -2.86. The average molecular weight is 352 g/mol. The fourth-order valence-corrected chi connectivity index (χ4v) is 2.96. The molecule has 2 aromatic rings. The predicted molar refractivity (Wildman–Crippen MR) is 103 cm³/mol. The summed E-state index contributed by atoms with van der Waals surface area (Å²) in [7, 11) is 0. The van der Waals surface area contributed by atoms with Gasteiger partial charge in [0.25, 0.3) is 5.91 Å². The fourth-order valence-electron chi connectivity index (χ4n) is 2.96. The minimum atomic E-state index is -0.321. The van der Waals surface area contributed by atoms with Crippen molar-refractivity contribution < 1.29 is 9.59 Å². The molecular weight excluding hydrogens is 328 g/mol. The van der Waals surface area contributed by atoms with Crippen LogP contribution in [0.15, 0.2) is 54.6 Å². The van der Waals surface area contributed by atoms with Crippen molar-refractivity contribution in [1.29, 1.82) is 0 Å². The van der Waals surface area contributed by atoms with Crippen LogP contribution in [0.3, 0.4) is 0 Å². The topological polar surface area (TPSA) is 82.3 Å². The maximum atomic E-state index is 12.2. The Labute approximate surface area is 153 Å². The van der Waals surface area contributed by atoms with E-state index in [0.717, 1.165) is 31.6 Å². The Kier molecular flexibility index (Phi) is 6.22. The lowest BCUT2D eigenvalue weighted by atomic mass is 9.99. The number of hydrogen-bond donors (Lipinski definition) is 4. The van der Waals surface area contributed by atoms with E-state index in [9.17, 15) is 9.59 Å². The number of carbonyl (C=O) groups excluding carboxylic acids is 2. The molecule has 0 radical (unpaired) electrons. The van der Waals surface area contributed by atoms with Crippen LogP contribution in [0.2, 0.25) is 0 Å². The summed E-state index contributed by atoms with van der Waals surface area (Å²) < 4.78 is 0. The first-order valence-electron chi connectivity index (χ1n) is 8.93. The number of benzene rings is 2. The van der Waals surface area contributed by atoms with Crippen molar-refractivity contribution in [3.63, 3.8) is 0 Å². The van der Waals surface area contributed by atoms with Gasteiger partial charge in [0.2, 0.25) is 0 Å². The highest BCUT2D eigenvalue weighted by atomic mass is 16.2. The number of rotatable bonds is 5. The second-order valence-electron chi connectivity index (χ2n) is 6.44. The molecule has 2 aromatic carbocycles. The van der Waals surface area contributed by atoms with Crippen LogP contribution in [0, 0.1) is 5.92 Å². The van der Waals surface area contributed by atoms with Gasteiger partial charge in [-0.25, -0.2) is 4.79 Å². The van der Waals surface area contributed by atoms with Gasteiger partial charge in [-0.2, -0.15) is 0 Å². The third-order valence-electron chi connectivity index (χ3n) is 4.39. The van der Waals surface area contributed by atoms with Gasteiger partial charge in [0, 0.05) is 23.5 Å². The lowest BCUT2D eigenvalue weighted by Crippen LogP contribution is -2.38. The summed E-state index contributed by atoms with van der Waals surface area (Å²) in [4.78, 5) is 24.2. The molecular formula is C20H24N4O2. The molecule has 0 spiro atoms. The van der Waals surface area contributed by atoms with Gasteiger partial charge in [-0.05, 0) is 68.2 Å². The Morgan fingerprint density at radius 3 is 2.31 bits per heavy atom. The van der Waals surface area contributed by atoms with E-state index in [-0.39, 0.29) is 11.9 Å². The minimum Gasteiger partial charge on any atom is -0.352 e. The summed E-state index contributed by atoms with van der Waals surface area (Å²) in [5.74, 6) is 0.409. The molecule has 1 aliphatic heterocycles. The largest absolute Gasteiger partial charge is 0.352 e. The number of para-hydroxylation sites is 1. The van der Waals surface area contributed by atoms with Gasteiger partial charge < -0.3 is 21.3 Å². The van der Waals surface area contributed by atoms with Gasteiger partial charge in [0.15, 0.2) is 0 Å². The standard InChI is InChI=1S/C20H24N4O2/c25-19(22-14-15-5-4-12-21-13-15)16-8-10-18(11-9-16)24-20(26)23-17-6-2-1-3-7-17/h1-3,6-11,15,21H,4-5,12-14H2,(H,22,25)(H2,23,24,26). The van der Waals surface area contributed by atoms with Crippen LogP contribution in [-0.2, 0) is 0 Å². The maximum Gasteiger partial charge on any atom is 0.323 e. The molecule has 26 heavy (non-hydrogen) atoms. The number of piperidine rings is 1. The smallest absolute Gasteiger partial charge is 0.323 e. The zero-order valence-corrected chi connectivity index (χ0v) is 14.6. The molecule has 1 atom stereocenters. The molecule has 0 saturated carbocycles. The van der Waals surface area contributed by atoms with Crippen LogP contribution >= 0.6 is 0 Å². The van der Waals surface area contributed by atoms with E-state index in [4.69, 9.17) is 0 Å². The lowest BCUT2D eigenvalue weighted by Gasteiger charge is -2.22. The number of amides is 3. The van der Waals surface area contributed by atoms with E-state index < -0.39 is 0 Å². The molecule has 1 aliphatic rings. The number of urea groups is 1. The minimum absolute atomic E-state index is 0.0872. The van der Waals surface area contributed by atoms with Crippen molar-refractivity contribution >= 4 is 23.3 Å². The van der Waals surface area contributed by atoms with Crippen molar-refractivity contribution in [2.24, 2.45) is 5.92 Å². The van der Waals surface area contributed by atoms with Crippen molar-refractivity contribution in [1.82, 2.24) is 10.6 Å². The lowest BCUT2D eigenvalue weighted by molar-refractivity contribution is 0.0945. The Balaban J connectivity index is 1.47. The van der Waals surface area contributed by atoms with E-state index >= 15 is 0 Å². The second-order valence-corrected chi connectivity index (χ2v) is 6.44. The third-order valence-corrected chi connectivity index (χ3v) is 4.39. The molecule has 1 heterocycles. The maximum absolute atomic E-state index is 12.2. The SMILES string of the molecule is O=C(Nc1ccccc1)Nc1ccc(C(=O)NCC2CCCNC2)cc1. The third kappa shape index (κ3) is 5.32. The molecule has 1 saturated heterocycles. The normalized spacial score (nSPS) is 16.5. The highest BCUT2D eigenvalue weighted by Gasteiger charge is 2.14. The summed E-state index contributed by atoms with van der Waals surface area (Å²) in [5.41, 5.74) is 1.94. The highest BCUT2D eigenvalue weighted by molar-refractivity contribution is 6.00. The Morgan fingerprint density at radius 1 is 0.962 bits per heavy atom. The molecule has 136 valence electrons. The number of anilines is 2. The van der Waals surface area contributed by atoms with Gasteiger partial charge in [-0.3, -0.25) is 4.79 Å². The van der Waals surface area contributed by atoms with E-state index in [0.29, 0.717) is 23.7 Å². The molecule has 0 aromatic heterocycles. The molecule has 0 bridgehead atoms. The molecule has 3 amide bonds. The summed E-state index contributed by atoms with van der Waals surface area (Å²) in [5, 5.41) is 11.8. The molecule has 0 aliphatic carbocycles. The zero-order chi connectivity index (χ0) is 18.2. The van der Waals surface area contributed by atoms with Crippen molar-refractivity contribution in [2.45, 2.75) is 12.8 Å². The van der Waals surface area contributed by atoms with E-state index in [2.05, 4.69) is 21.3 Å². The van der Waals surface area contributed by atoms with Gasteiger partial charge in [0.1, 0.15) is 0 Å². The highest BCUT2D eigenvalue weighted by Crippen LogP contribution is 2.12. The quantitative estimate of drug-likeness (QED) is 0.667. The number of hydrogen-bond acceptors (Lipinski definition) is 3. The van der Waals surface area contributed by atoms with Crippen molar-refractivity contribution in [3.05, 3.63) is 60.2 Å². The Bertz CT molecular complexity index is 725. The first-order chi connectivity index (χ1) is 12.7. The monoisotopic (exact) mass is 352 g/mol. The van der Waals surface area contributed by atoms with Crippen LogP contribution in [0.5, 0.6) is 0 Å². The first-order valence-corrected chi connectivity index (χ1v) is 8.93. The van der Waals surface area contributed by atoms with Crippen molar-refractivity contribution in [2.75, 3.05) is 30.3 Å². The summed E-state index contributed by atoms with van der Waals surface area (Å²) in [6, 6.07) is 15.8. The van der Waals surface area contributed by atoms with E-state index in [1.54, 1.807) is 24.3 Å². The first kappa shape index (κ1) is 17.9. The summed E-state index contributed by atoms with van der Waals surface area (Å²) in [6.45, 7) is 2.71. The van der Waals surface area contributed by atoms with Gasteiger partial charge >= 0.3 is 6.03 Å². The van der Waals surface area contributed by atoms with Crippen LogP contribution < -0.4 is 21.3 Å². The predicted octanol–water partition coefficient (Wildman–Crippen LogP) is 3.06. The van der Waals surface area contributed by atoms with Gasteiger partial charge in [0.05, 0.1) is 0 Å². The second kappa shape index (κ2) is 9.01. The Morgan fingerprint density at radius 2 is 1.65 bits per heavy atom. The van der Waals surface area contributed by atoms with E-state index in [1.165, 1.54) is 0 Å². The van der Waals surface area contributed by atoms with Gasteiger partial charge in [-0.1, -0.05) is 18.2 Å². The molecule has 3 rings (SSSR count). The molecule has 6 heteroatoms. The van der Waals surface area contributed by atoms with Crippen LogP contribution in [0.1, 0.15) is 23.2 Å². The molecule has 1 fully saturated rings. The number of nitrogens with one attached hydrogen (secondary N) is 4. The van der Waals surface area contributed by atoms with Crippen LogP contribution in [-0.4, -0.2) is 31.6 Å². The van der Waals surface area contributed by atoms with Crippen molar-refractivity contribution in [3.8, 4) is 0 Å². The van der Waals surface area contributed by atoms with Gasteiger partial charge in [-0.15, -0.1) is 0 Å². The summed E-state index contributed by atoms with van der Waals surface area (Å²) >= 11 is 0. The average Bonchev–Trinajstić information content (AvgIpc) is 2.68. The van der Waals surface area contributed by atoms with E-state index in [1.807, 2.05) is 30.3 Å². The van der Waals surface area contributed by atoms with Crippen LogP contribution in [0.25, 0.3) is 0 Å². The fraction of sp³-hybridized carbons (Fsp3) is 0.300. The molecule has 6 nitrogen and oxygen atoms in total. The molecule has 1 unspecified atom stereocenters. The van der Waals surface area contributed by atoms with Crippen LogP contribution in [0.4, 0.5) is 16.2 Å². The summed E-state index contributed by atoms with van der Waals surface area (Å²) in [6.07, 6.45) is 2.30. The zero-order valence-electron chi connectivity index (χ0n) is 14.6. The molecule has 4 N–H and O–H groups in total. The number of carbonyl (C=O) groups is 2.